The predicted octanol–water partition coefficient (Wildman–Crippen LogP) is 1.27. The van der Waals surface area contributed by atoms with Crippen molar-refractivity contribution in [1.29, 1.82) is 0 Å². The van der Waals surface area contributed by atoms with Crippen molar-refractivity contribution in [1.82, 2.24) is 10.2 Å². The normalized spacial score (nSPS) is 41.2. The van der Waals surface area contributed by atoms with Crippen molar-refractivity contribution in [2.24, 2.45) is 17.8 Å². The molecule has 16 heavy (non-hydrogen) atoms. The van der Waals surface area contributed by atoms with Gasteiger partial charge >= 0.3 is 0 Å². The van der Waals surface area contributed by atoms with Gasteiger partial charge in [0, 0.05) is 31.6 Å². The average molecular weight is 245 g/mol. The van der Waals surface area contributed by atoms with Gasteiger partial charge in [0.05, 0.1) is 0 Å². The van der Waals surface area contributed by atoms with E-state index in [1.807, 2.05) is 0 Å². The summed E-state index contributed by atoms with van der Waals surface area (Å²) in [4.78, 5) is 14.4. The molecule has 3 aliphatic rings. The highest BCUT2D eigenvalue weighted by Crippen LogP contribution is 2.58. The number of nitrogens with one attached hydrogen (secondary N) is 1. The highest BCUT2D eigenvalue weighted by molar-refractivity contribution is 5.85. The van der Waals surface area contributed by atoms with Crippen molar-refractivity contribution in [3.05, 3.63) is 0 Å². The summed E-state index contributed by atoms with van der Waals surface area (Å²) in [5, 5.41) is 3.34. The Hall–Kier alpha value is -0.280. The molecule has 0 aromatic rings. The third kappa shape index (κ3) is 1.84. The zero-order valence-corrected chi connectivity index (χ0v) is 10.6. The quantitative estimate of drug-likeness (QED) is 0.754. The summed E-state index contributed by atoms with van der Waals surface area (Å²) in [6.07, 6.45) is 3.97. The van der Waals surface area contributed by atoms with E-state index >= 15 is 0 Å². The molecule has 3 unspecified atom stereocenters. The van der Waals surface area contributed by atoms with Crippen LogP contribution in [0.1, 0.15) is 26.2 Å². The minimum atomic E-state index is 0. The third-order valence-corrected chi connectivity index (χ3v) is 4.48. The standard InChI is InChI=1S/C12H20N2O.ClH/c1-8-7-13-5-6-14(8)12(15)11-9-3-2-4-10(9)11;/h8-11,13H,2-7H2,1H3;1H. The van der Waals surface area contributed by atoms with E-state index in [0.717, 1.165) is 31.5 Å². The zero-order chi connectivity index (χ0) is 10.4. The summed E-state index contributed by atoms with van der Waals surface area (Å²) in [5.74, 6) is 2.40. The molecule has 1 N–H and O–H groups in total. The highest BCUT2D eigenvalue weighted by Gasteiger charge is 2.57. The van der Waals surface area contributed by atoms with Crippen LogP contribution in [0.4, 0.5) is 0 Å². The first-order chi connectivity index (χ1) is 7.29. The Morgan fingerprint density at radius 2 is 2.00 bits per heavy atom. The maximum absolute atomic E-state index is 12.3. The number of hydrogen-bond donors (Lipinski definition) is 1. The van der Waals surface area contributed by atoms with Gasteiger partial charge in [0.1, 0.15) is 0 Å². The van der Waals surface area contributed by atoms with E-state index < -0.39 is 0 Å². The van der Waals surface area contributed by atoms with Gasteiger partial charge in [-0.25, -0.2) is 0 Å². The lowest BCUT2D eigenvalue weighted by Gasteiger charge is -2.34. The van der Waals surface area contributed by atoms with Crippen LogP contribution >= 0.6 is 12.4 Å². The molecule has 1 aliphatic heterocycles. The van der Waals surface area contributed by atoms with Crippen LogP contribution in [0.2, 0.25) is 0 Å². The van der Waals surface area contributed by atoms with E-state index in [4.69, 9.17) is 0 Å². The molecule has 3 rings (SSSR count). The second kappa shape index (κ2) is 4.53. The van der Waals surface area contributed by atoms with Crippen molar-refractivity contribution in [2.45, 2.75) is 32.2 Å². The Balaban J connectivity index is 0.000000963. The monoisotopic (exact) mass is 244 g/mol. The van der Waals surface area contributed by atoms with Gasteiger partial charge in [-0.2, -0.15) is 0 Å². The van der Waals surface area contributed by atoms with Gasteiger partial charge in [0.25, 0.3) is 0 Å². The fourth-order valence-corrected chi connectivity index (χ4v) is 3.55. The van der Waals surface area contributed by atoms with E-state index in [-0.39, 0.29) is 12.4 Å². The van der Waals surface area contributed by atoms with Crippen molar-refractivity contribution in [3.63, 3.8) is 0 Å². The maximum atomic E-state index is 12.3. The third-order valence-electron chi connectivity index (χ3n) is 4.48. The number of fused-ring (bicyclic) bond motifs is 1. The molecule has 1 amide bonds. The molecule has 3 nitrogen and oxygen atoms in total. The maximum Gasteiger partial charge on any atom is 0.226 e. The Morgan fingerprint density at radius 1 is 1.31 bits per heavy atom. The number of carbonyl (C=O) groups is 1. The molecule has 3 fully saturated rings. The molecule has 2 saturated carbocycles. The van der Waals surface area contributed by atoms with Crippen molar-refractivity contribution in [2.75, 3.05) is 19.6 Å². The van der Waals surface area contributed by atoms with Crippen molar-refractivity contribution < 1.29 is 4.79 Å². The van der Waals surface area contributed by atoms with E-state index in [9.17, 15) is 4.79 Å². The van der Waals surface area contributed by atoms with Crippen LogP contribution in [0.15, 0.2) is 0 Å². The second-order valence-electron chi connectivity index (χ2n) is 5.37. The molecule has 0 spiro atoms. The smallest absolute Gasteiger partial charge is 0.226 e. The summed E-state index contributed by atoms with van der Waals surface area (Å²) in [6, 6.07) is 0.396. The molecule has 0 aromatic heterocycles. The Bertz CT molecular complexity index is 274. The SMILES string of the molecule is CC1CNCCN1C(=O)C1C2CCCC21.Cl. The first-order valence-electron chi connectivity index (χ1n) is 6.30. The fourth-order valence-electron chi connectivity index (χ4n) is 3.55. The lowest BCUT2D eigenvalue weighted by Crippen LogP contribution is -2.53. The minimum Gasteiger partial charge on any atom is -0.337 e. The molecule has 92 valence electrons. The molecule has 1 saturated heterocycles. The van der Waals surface area contributed by atoms with Crippen LogP contribution < -0.4 is 5.32 Å². The summed E-state index contributed by atoms with van der Waals surface area (Å²) in [5.41, 5.74) is 0. The summed E-state index contributed by atoms with van der Waals surface area (Å²) >= 11 is 0. The number of hydrogen-bond acceptors (Lipinski definition) is 2. The molecule has 0 bridgehead atoms. The van der Waals surface area contributed by atoms with Gasteiger partial charge in [0.15, 0.2) is 0 Å². The number of rotatable bonds is 1. The topological polar surface area (TPSA) is 32.3 Å². The van der Waals surface area contributed by atoms with Crippen molar-refractivity contribution in [3.8, 4) is 0 Å². The van der Waals surface area contributed by atoms with E-state index in [0.29, 0.717) is 17.9 Å². The van der Waals surface area contributed by atoms with Crippen LogP contribution in [0.5, 0.6) is 0 Å². The highest BCUT2D eigenvalue weighted by atomic mass is 35.5. The van der Waals surface area contributed by atoms with E-state index in [2.05, 4.69) is 17.1 Å². The lowest BCUT2D eigenvalue weighted by molar-refractivity contribution is -0.136. The molecule has 3 atom stereocenters. The van der Waals surface area contributed by atoms with E-state index in [1.54, 1.807) is 0 Å². The Kier molecular flexibility index (Phi) is 3.45. The van der Waals surface area contributed by atoms with Gasteiger partial charge in [-0.3, -0.25) is 4.79 Å². The van der Waals surface area contributed by atoms with Crippen LogP contribution in [-0.2, 0) is 4.79 Å². The lowest BCUT2D eigenvalue weighted by atomic mass is 10.1. The van der Waals surface area contributed by atoms with Gasteiger partial charge in [-0.15, -0.1) is 12.4 Å². The fraction of sp³-hybridized carbons (Fsp3) is 0.917. The molecule has 1 heterocycles. The first kappa shape index (κ1) is 12.2. The molecule has 2 aliphatic carbocycles. The zero-order valence-electron chi connectivity index (χ0n) is 9.82. The molecule has 0 aromatic carbocycles. The minimum absolute atomic E-state index is 0. The first-order valence-corrected chi connectivity index (χ1v) is 6.30. The molecule has 0 radical (unpaired) electrons. The number of halogens is 1. The second-order valence-corrected chi connectivity index (χ2v) is 5.37. The number of nitrogens with zero attached hydrogens (tertiary/aromatic N) is 1. The average Bonchev–Trinajstić information content (AvgIpc) is 2.72. The predicted molar refractivity (Wildman–Crippen MR) is 65.6 cm³/mol. The largest absolute Gasteiger partial charge is 0.337 e. The number of amides is 1. The van der Waals surface area contributed by atoms with Crippen LogP contribution in [0.3, 0.4) is 0 Å². The van der Waals surface area contributed by atoms with Crippen LogP contribution in [-0.4, -0.2) is 36.5 Å². The van der Waals surface area contributed by atoms with Gasteiger partial charge in [-0.05, 0) is 31.6 Å². The van der Waals surface area contributed by atoms with Crippen molar-refractivity contribution >= 4 is 18.3 Å². The Morgan fingerprint density at radius 3 is 2.62 bits per heavy atom. The van der Waals surface area contributed by atoms with Gasteiger partial charge in [-0.1, -0.05) is 6.42 Å². The van der Waals surface area contributed by atoms with Gasteiger partial charge in [0.2, 0.25) is 5.91 Å². The summed E-state index contributed by atoms with van der Waals surface area (Å²) < 4.78 is 0. The van der Waals surface area contributed by atoms with E-state index in [1.165, 1.54) is 19.3 Å². The van der Waals surface area contributed by atoms with Crippen LogP contribution in [0.25, 0.3) is 0 Å². The molecular formula is C12H21ClN2O. The molecule has 4 heteroatoms. The summed E-state index contributed by atoms with van der Waals surface area (Å²) in [7, 11) is 0. The van der Waals surface area contributed by atoms with Crippen LogP contribution in [0, 0.1) is 17.8 Å². The Labute approximate surface area is 103 Å². The van der Waals surface area contributed by atoms with Gasteiger partial charge < -0.3 is 10.2 Å². The summed E-state index contributed by atoms with van der Waals surface area (Å²) in [6.45, 7) is 5.00. The number of carbonyl (C=O) groups excluding carboxylic acids is 1. The number of piperazine rings is 1. The molecular weight excluding hydrogens is 224 g/mol.